The van der Waals surface area contributed by atoms with Crippen LogP contribution in [0.1, 0.15) is 0 Å². The van der Waals surface area contributed by atoms with Crippen LogP contribution in [0.5, 0.6) is 0 Å². The molecule has 1 heterocycles. The SMILES string of the molecule is c1ccc2c(c1)ccc1ccc(-c3c4ccccc4c(-c4cccc5c4oc4ccccc45)c4ccccc34)cc12. The van der Waals surface area contributed by atoms with Crippen LogP contribution < -0.4 is 0 Å². The van der Waals surface area contributed by atoms with E-state index in [9.17, 15) is 0 Å². The lowest BCUT2D eigenvalue weighted by Crippen LogP contribution is -1.91. The molecule has 8 aromatic carbocycles. The van der Waals surface area contributed by atoms with Crippen molar-refractivity contribution in [3.8, 4) is 22.3 Å². The van der Waals surface area contributed by atoms with Gasteiger partial charge in [0.2, 0.25) is 0 Å². The highest BCUT2D eigenvalue weighted by molar-refractivity contribution is 6.24. The van der Waals surface area contributed by atoms with Crippen molar-refractivity contribution in [1.29, 1.82) is 0 Å². The Balaban J connectivity index is 1.42. The van der Waals surface area contributed by atoms with Gasteiger partial charge in [-0.05, 0) is 66.3 Å². The first-order chi connectivity index (χ1) is 20.3. The molecule has 1 aromatic heterocycles. The van der Waals surface area contributed by atoms with Gasteiger partial charge >= 0.3 is 0 Å². The number of hydrogen-bond donors (Lipinski definition) is 0. The molecule has 0 unspecified atom stereocenters. The minimum absolute atomic E-state index is 0.920. The Morgan fingerprint density at radius 1 is 0.341 bits per heavy atom. The third-order valence-electron chi connectivity index (χ3n) is 8.64. The summed E-state index contributed by atoms with van der Waals surface area (Å²) < 4.78 is 6.54. The highest BCUT2D eigenvalue weighted by Crippen LogP contribution is 2.46. The van der Waals surface area contributed by atoms with Crippen molar-refractivity contribution in [2.45, 2.75) is 0 Å². The number of para-hydroxylation sites is 2. The fourth-order valence-electron chi connectivity index (χ4n) is 6.83. The fraction of sp³-hybridized carbons (Fsp3) is 0. The molecule has 1 nitrogen and oxygen atoms in total. The summed E-state index contributed by atoms with van der Waals surface area (Å²) in [5, 5.41) is 12.3. The highest BCUT2D eigenvalue weighted by atomic mass is 16.3. The van der Waals surface area contributed by atoms with Crippen LogP contribution >= 0.6 is 0 Å². The van der Waals surface area contributed by atoms with E-state index in [1.165, 1.54) is 59.8 Å². The van der Waals surface area contributed by atoms with Gasteiger partial charge in [0.25, 0.3) is 0 Å². The van der Waals surface area contributed by atoms with Gasteiger partial charge in [-0.15, -0.1) is 0 Å². The number of hydrogen-bond acceptors (Lipinski definition) is 1. The van der Waals surface area contributed by atoms with Crippen molar-refractivity contribution in [2.75, 3.05) is 0 Å². The smallest absolute Gasteiger partial charge is 0.143 e. The van der Waals surface area contributed by atoms with Crippen molar-refractivity contribution < 1.29 is 4.42 Å². The van der Waals surface area contributed by atoms with Crippen molar-refractivity contribution in [3.63, 3.8) is 0 Å². The summed E-state index contributed by atoms with van der Waals surface area (Å²) in [7, 11) is 0. The molecule has 0 bridgehead atoms. The quantitative estimate of drug-likeness (QED) is 0.163. The largest absolute Gasteiger partial charge is 0.455 e. The van der Waals surface area contributed by atoms with Gasteiger partial charge in [-0.2, -0.15) is 0 Å². The van der Waals surface area contributed by atoms with Gasteiger partial charge in [0.05, 0.1) is 0 Å². The first kappa shape index (κ1) is 22.4. The molecular weight excluding hydrogens is 496 g/mol. The van der Waals surface area contributed by atoms with E-state index in [0.29, 0.717) is 0 Å². The van der Waals surface area contributed by atoms with Gasteiger partial charge in [0.15, 0.2) is 0 Å². The zero-order valence-corrected chi connectivity index (χ0v) is 22.3. The number of furan rings is 1. The molecule has 0 radical (unpaired) electrons. The fourth-order valence-corrected chi connectivity index (χ4v) is 6.83. The van der Waals surface area contributed by atoms with Crippen LogP contribution in [-0.2, 0) is 0 Å². The second kappa shape index (κ2) is 8.55. The van der Waals surface area contributed by atoms with E-state index in [1.54, 1.807) is 0 Å². The average Bonchev–Trinajstić information content (AvgIpc) is 3.42. The molecule has 190 valence electrons. The van der Waals surface area contributed by atoms with Gasteiger partial charge in [0.1, 0.15) is 11.2 Å². The number of benzene rings is 8. The first-order valence-electron chi connectivity index (χ1n) is 14.1. The lowest BCUT2D eigenvalue weighted by molar-refractivity contribution is 0.670. The minimum Gasteiger partial charge on any atom is -0.455 e. The molecule has 0 fully saturated rings. The first-order valence-corrected chi connectivity index (χ1v) is 14.1. The summed E-state index contributed by atoms with van der Waals surface area (Å²) in [5.41, 5.74) is 6.71. The molecule has 0 saturated heterocycles. The Hall–Kier alpha value is -5.40. The molecule has 0 spiro atoms. The maximum atomic E-state index is 6.54. The summed E-state index contributed by atoms with van der Waals surface area (Å²) in [6.07, 6.45) is 0. The Kier molecular flexibility index (Phi) is 4.67. The predicted molar refractivity (Wildman–Crippen MR) is 175 cm³/mol. The van der Waals surface area contributed by atoms with Crippen LogP contribution in [0.25, 0.3) is 87.3 Å². The van der Waals surface area contributed by atoms with Crippen LogP contribution in [0.2, 0.25) is 0 Å². The van der Waals surface area contributed by atoms with Crippen molar-refractivity contribution >= 4 is 65.0 Å². The Morgan fingerprint density at radius 2 is 0.878 bits per heavy atom. The zero-order valence-electron chi connectivity index (χ0n) is 22.3. The third kappa shape index (κ3) is 3.24. The van der Waals surface area contributed by atoms with E-state index < -0.39 is 0 Å². The molecule has 0 aliphatic carbocycles. The summed E-state index contributed by atoms with van der Waals surface area (Å²) in [4.78, 5) is 0. The zero-order chi connectivity index (χ0) is 26.9. The molecule has 41 heavy (non-hydrogen) atoms. The molecule has 0 amide bonds. The molecule has 0 N–H and O–H groups in total. The van der Waals surface area contributed by atoms with E-state index in [0.717, 1.165) is 27.5 Å². The molecule has 1 heteroatoms. The molecule has 0 atom stereocenters. The van der Waals surface area contributed by atoms with Crippen LogP contribution in [0.3, 0.4) is 0 Å². The molecule has 0 aliphatic rings. The minimum atomic E-state index is 0.920. The molecular formula is C40H24O. The van der Waals surface area contributed by atoms with Gasteiger partial charge in [0, 0.05) is 21.9 Å². The maximum Gasteiger partial charge on any atom is 0.143 e. The monoisotopic (exact) mass is 520 g/mol. The van der Waals surface area contributed by atoms with Crippen LogP contribution in [0.4, 0.5) is 0 Å². The maximum absolute atomic E-state index is 6.54. The molecule has 9 rings (SSSR count). The predicted octanol–water partition coefficient (Wildman–Crippen LogP) is 11.5. The van der Waals surface area contributed by atoms with Crippen molar-refractivity contribution in [3.05, 3.63) is 146 Å². The average molecular weight is 521 g/mol. The van der Waals surface area contributed by atoms with Crippen molar-refractivity contribution in [2.24, 2.45) is 0 Å². The summed E-state index contributed by atoms with van der Waals surface area (Å²) in [6.45, 7) is 0. The Labute approximate surface area is 236 Å². The van der Waals surface area contributed by atoms with E-state index in [4.69, 9.17) is 4.42 Å². The molecule has 0 aliphatic heterocycles. The van der Waals surface area contributed by atoms with Crippen LogP contribution in [0.15, 0.2) is 150 Å². The second-order valence-electron chi connectivity index (χ2n) is 10.8. The lowest BCUT2D eigenvalue weighted by atomic mass is 9.85. The van der Waals surface area contributed by atoms with E-state index in [1.807, 2.05) is 6.07 Å². The second-order valence-corrected chi connectivity index (χ2v) is 10.8. The standard InChI is InChI=1S/C40H24O/c1-2-11-28-25(10-1)20-21-26-22-23-27(24-36(26)28)38-30-13-3-5-15-32(30)39(33-16-6-4-14-31(33)38)35-18-9-17-34-29-12-7-8-19-37(29)41-40(34)35/h1-24H. The summed E-state index contributed by atoms with van der Waals surface area (Å²) in [5.74, 6) is 0. The lowest BCUT2D eigenvalue weighted by Gasteiger charge is -2.18. The van der Waals surface area contributed by atoms with E-state index >= 15 is 0 Å². The van der Waals surface area contributed by atoms with Gasteiger partial charge in [-0.25, -0.2) is 0 Å². The van der Waals surface area contributed by atoms with Crippen LogP contribution in [0, 0.1) is 0 Å². The normalized spacial score (nSPS) is 11.9. The highest BCUT2D eigenvalue weighted by Gasteiger charge is 2.20. The Bertz CT molecular complexity index is 2420. The van der Waals surface area contributed by atoms with Gasteiger partial charge < -0.3 is 4.42 Å². The number of rotatable bonds is 2. The van der Waals surface area contributed by atoms with E-state index in [-0.39, 0.29) is 0 Å². The van der Waals surface area contributed by atoms with Gasteiger partial charge in [-0.1, -0.05) is 133 Å². The number of fused-ring (bicyclic) bond motifs is 8. The molecule has 0 saturated carbocycles. The topological polar surface area (TPSA) is 13.1 Å². The van der Waals surface area contributed by atoms with Crippen LogP contribution in [-0.4, -0.2) is 0 Å². The summed E-state index contributed by atoms with van der Waals surface area (Å²) >= 11 is 0. The van der Waals surface area contributed by atoms with E-state index in [2.05, 4.69) is 140 Å². The third-order valence-corrected chi connectivity index (χ3v) is 8.64. The van der Waals surface area contributed by atoms with Crippen molar-refractivity contribution in [1.82, 2.24) is 0 Å². The summed E-state index contributed by atoms with van der Waals surface area (Å²) in [6, 6.07) is 52.6. The molecule has 9 aromatic rings. The Morgan fingerprint density at radius 3 is 1.61 bits per heavy atom. The van der Waals surface area contributed by atoms with Gasteiger partial charge in [-0.3, -0.25) is 0 Å².